The van der Waals surface area contributed by atoms with Gasteiger partial charge in [-0.15, -0.1) is 0 Å². The highest BCUT2D eigenvalue weighted by atomic mass is 19.4. The summed E-state index contributed by atoms with van der Waals surface area (Å²) >= 11 is 0. The van der Waals surface area contributed by atoms with Crippen LogP contribution in [0.15, 0.2) is 66.7 Å². The molecule has 0 heterocycles. The van der Waals surface area contributed by atoms with Crippen molar-refractivity contribution in [3.05, 3.63) is 83.4 Å². The molecule has 3 aromatic rings. The van der Waals surface area contributed by atoms with Crippen molar-refractivity contribution in [2.75, 3.05) is 24.4 Å². The molecule has 0 fully saturated rings. The summed E-state index contributed by atoms with van der Waals surface area (Å²) in [5.41, 5.74) is 4.74. The maximum absolute atomic E-state index is 12.9. The maximum atomic E-state index is 12.9. The van der Waals surface area contributed by atoms with Gasteiger partial charge in [-0.1, -0.05) is 12.1 Å². The van der Waals surface area contributed by atoms with Crippen LogP contribution in [0.25, 0.3) is 0 Å². The number of halogens is 3. The molecular formula is C24H20F3N3O5. The van der Waals surface area contributed by atoms with Crippen molar-refractivity contribution in [3.8, 4) is 11.5 Å². The highest BCUT2D eigenvalue weighted by Gasteiger charge is 2.30. The Morgan fingerprint density at radius 2 is 1.43 bits per heavy atom. The number of hydrogen-bond donors (Lipinski definition) is 3. The molecule has 0 bridgehead atoms. The average molecular weight is 487 g/mol. The minimum atomic E-state index is -4.54. The summed E-state index contributed by atoms with van der Waals surface area (Å²) in [6.07, 6.45) is -4.54. The van der Waals surface area contributed by atoms with Gasteiger partial charge in [0.2, 0.25) is 0 Å². The smallest absolute Gasteiger partial charge is 0.416 e. The van der Waals surface area contributed by atoms with Gasteiger partial charge in [-0.25, -0.2) is 0 Å². The predicted molar refractivity (Wildman–Crippen MR) is 121 cm³/mol. The minimum Gasteiger partial charge on any atom is -0.493 e. The molecule has 3 rings (SSSR count). The van der Waals surface area contributed by atoms with Gasteiger partial charge in [0.1, 0.15) is 0 Å². The zero-order chi connectivity index (χ0) is 25.6. The summed E-state index contributed by atoms with van der Waals surface area (Å²) in [6, 6.07) is 14.4. The third kappa shape index (κ3) is 6.73. The van der Waals surface area contributed by atoms with Crippen LogP contribution in [0.1, 0.15) is 26.3 Å². The molecule has 11 heteroatoms. The van der Waals surface area contributed by atoms with E-state index in [1.807, 2.05) is 0 Å². The third-order valence-corrected chi connectivity index (χ3v) is 4.63. The lowest BCUT2D eigenvalue weighted by Gasteiger charge is -2.12. The number of alkyl halides is 3. The number of rotatable bonds is 8. The first kappa shape index (κ1) is 25.1. The van der Waals surface area contributed by atoms with Crippen LogP contribution in [0, 0.1) is 0 Å². The van der Waals surface area contributed by atoms with Crippen molar-refractivity contribution in [2.24, 2.45) is 5.73 Å². The molecule has 0 aliphatic heterocycles. The second-order valence-corrected chi connectivity index (χ2v) is 7.19. The average Bonchev–Trinajstić information content (AvgIpc) is 2.82. The minimum absolute atomic E-state index is 0.0231. The van der Waals surface area contributed by atoms with Crippen LogP contribution in [0.3, 0.4) is 0 Å². The molecule has 0 aliphatic rings. The van der Waals surface area contributed by atoms with Gasteiger partial charge < -0.3 is 25.8 Å². The van der Waals surface area contributed by atoms with Gasteiger partial charge in [0.25, 0.3) is 17.7 Å². The van der Waals surface area contributed by atoms with Gasteiger partial charge in [0.05, 0.1) is 12.7 Å². The van der Waals surface area contributed by atoms with Crippen molar-refractivity contribution in [1.29, 1.82) is 0 Å². The van der Waals surface area contributed by atoms with Gasteiger partial charge >= 0.3 is 6.18 Å². The number of nitrogens with two attached hydrogens (primary N) is 1. The number of ether oxygens (including phenoxy) is 2. The zero-order valence-electron chi connectivity index (χ0n) is 18.3. The van der Waals surface area contributed by atoms with E-state index in [0.717, 1.165) is 12.1 Å². The molecule has 0 aliphatic carbocycles. The molecular weight excluding hydrogens is 467 g/mol. The Kier molecular flexibility index (Phi) is 7.59. The molecule has 0 saturated carbocycles. The molecule has 0 spiro atoms. The summed E-state index contributed by atoms with van der Waals surface area (Å²) < 4.78 is 49.1. The van der Waals surface area contributed by atoms with E-state index in [4.69, 9.17) is 15.2 Å². The second kappa shape index (κ2) is 10.6. The standard InChI is InChI=1S/C24H20F3N3O5/c1-34-20-11-15(8-9-19(20)35-13-21(28)31)23(33)29-17-6-2-4-14(10-17)22(32)30-18-7-3-5-16(12-18)24(25,26)27/h2-12H,13H2,1H3,(H2,28,31)(H,29,33)(H,30,32). The van der Waals surface area contributed by atoms with E-state index in [2.05, 4.69) is 10.6 Å². The summed E-state index contributed by atoms with van der Waals surface area (Å²) in [6.45, 7) is -0.364. The molecule has 0 aromatic heterocycles. The number of carbonyl (C=O) groups excluding carboxylic acids is 3. The third-order valence-electron chi connectivity index (χ3n) is 4.63. The molecule has 0 saturated heterocycles. The van der Waals surface area contributed by atoms with Crippen LogP contribution >= 0.6 is 0 Å². The van der Waals surface area contributed by atoms with Gasteiger partial charge in [0.15, 0.2) is 18.1 Å². The fourth-order valence-corrected chi connectivity index (χ4v) is 2.99. The van der Waals surface area contributed by atoms with E-state index >= 15 is 0 Å². The summed E-state index contributed by atoms with van der Waals surface area (Å²) in [5.74, 6) is -1.44. The van der Waals surface area contributed by atoms with Crippen LogP contribution in [-0.2, 0) is 11.0 Å². The predicted octanol–water partition coefficient (Wildman–Crippen LogP) is 4.08. The quantitative estimate of drug-likeness (QED) is 0.442. The number of anilines is 2. The highest BCUT2D eigenvalue weighted by molar-refractivity contribution is 6.07. The van der Waals surface area contributed by atoms with E-state index < -0.39 is 29.5 Å². The number of nitrogens with one attached hydrogen (secondary N) is 2. The van der Waals surface area contributed by atoms with Crippen LogP contribution in [-0.4, -0.2) is 31.4 Å². The summed E-state index contributed by atoms with van der Waals surface area (Å²) in [5, 5.41) is 5.04. The number of hydrogen-bond acceptors (Lipinski definition) is 5. The SMILES string of the molecule is COc1cc(C(=O)Nc2cccc(C(=O)Nc3cccc(C(F)(F)F)c3)c2)ccc1OCC(N)=O. The molecule has 3 amide bonds. The molecule has 0 radical (unpaired) electrons. The van der Waals surface area contributed by atoms with Gasteiger partial charge in [-0.3, -0.25) is 14.4 Å². The Labute approximate surface area is 197 Å². The Morgan fingerprint density at radius 1 is 0.829 bits per heavy atom. The lowest BCUT2D eigenvalue weighted by Crippen LogP contribution is -2.20. The van der Waals surface area contributed by atoms with E-state index in [0.29, 0.717) is 0 Å². The van der Waals surface area contributed by atoms with Crippen LogP contribution < -0.4 is 25.8 Å². The second-order valence-electron chi connectivity index (χ2n) is 7.19. The zero-order valence-corrected chi connectivity index (χ0v) is 18.3. The largest absolute Gasteiger partial charge is 0.493 e. The molecule has 182 valence electrons. The van der Waals surface area contributed by atoms with Crippen molar-refractivity contribution in [3.63, 3.8) is 0 Å². The maximum Gasteiger partial charge on any atom is 0.416 e. The van der Waals surface area contributed by atoms with Crippen molar-refractivity contribution in [1.82, 2.24) is 0 Å². The Bertz CT molecular complexity index is 1260. The fourth-order valence-electron chi connectivity index (χ4n) is 2.99. The van der Waals surface area contributed by atoms with Crippen LogP contribution in [0.4, 0.5) is 24.5 Å². The van der Waals surface area contributed by atoms with E-state index in [-0.39, 0.29) is 40.6 Å². The first-order chi connectivity index (χ1) is 16.6. The highest BCUT2D eigenvalue weighted by Crippen LogP contribution is 2.31. The topological polar surface area (TPSA) is 120 Å². The molecule has 8 nitrogen and oxygen atoms in total. The van der Waals surface area contributed by atoms with Crippen molar-refractivity contribution >= 4 is 29.1 Å². The number of amides is 3. The molecule has 4 N–H and O–H groups in total. The first-order valence-electron chi connectivity index (χ1n) is 10.1. The summed E-state index contributed by atoms with van der Waals surface area (Å²) in [7, 11) is 1.36. The lowest BCUT2D eigenvalue weighted by molar-refractivity contribution is -0.137. The van der Waals surface area contributed by atoms with Crippen molar-refractivity contribution < 1.29 is 37.0 Å². The number of carbonyl (C=O) groups is 3. The van der Waals surface area contributed by atoms with Gasteiger partial charge in [-0.2, -0.15) is 13.2 Å². The molecule has 3 aromatic carbocycles. The Morgan fingerprint density at radius 3 is 2.03 bits per heavy atom. The lowest BCUT2D eigenvalue weighted by atomic mass is 10.1. The monoisotopic (exact) mass is 487 g/mol. The normalized spacial score (nSPS) is 10.9. The Balaban J connectivity index is 1.72. The van der Waals surface area contributed by atoms with Gasteiger partial charge in [-0.05, 0) is 54.6 Å². The first-order valence-corrected chi connectivity index (χ1v) is 10.1. The number of primary amides is 1. The van der Waals surface area contributed by atoms with Gasteiger partial charge in [0, 0.05) is 22.5 Å². The molecule has 35 heavy (non-hydrogen) atoms. The van der Waals surface area contributed by atoms with Crippen molar-refractivity contribution in [2.45, 2.75) is 6.18 Å². The number of benzene rings is 3. The fraction of sp³-hybridized carbons (Fsp3) is 0.125. The molecule has 0 atom stereocenters. The van der Waals surface area contributed by atoms with E-state index in [1.54, 1.807) is 6.07 Å². The van der Waals surface area contributed by atoms with Crippen LogP contribution in [0.5, 0.6) is 11.5 Å². The number of methoxy groups -OCH3 is 1. The summed E-state index contributed by atoms with van der Waals surface area (Å²) in [4.78, 5) is 36.1. The molecule has 0 unspecified atom stereocenters. The van der Waals surface area contributed by atoms with E-state index in [9.17, 15) is 27.6 Å². The Hall–Kier alpha value is -4.54. The van der Waals surface area contributed by atoms with Crippen LogP contribution in [0.2, 0.25) is 0 Å². The van der Waals surface area contributed by atoms with E-state index in [1.165, 1.54) is 55.6 Å².